The largest absolute Gasteiger partial charge is 0.368 e. The minimum atomic E-state index is -3.49. The SMILES string of the molecule is CC(Nc1ccc(S(=O)(=O)N(C)C)cn1)C(N)=O. The first-order valence-corrected chi connectivity index (χ1v) is 6.63. The first-order valence-electron chi connectivity index (χ1n) is 5.19. The molecule has 0 saturated carbocycles. The van der Waals surface area contributed by atoms with Crippen molar-refractivity contribution in [2.24, 2.45) is 5.73 Å². The number of hydrogen-bond acceptors (Lipinski definition) is 5. The van der Waals surface area contributed by atoms with Gasteiger partial charge >= 0.3 is 0 Å². The van der Waals surface area contributed by atoms with E-state index in [0.717, 1.165) is 4.31 Å². The molecule has 0 fully saturated rings. The van der Waals surface area contributed by atoms with Gasteiger partial charge < -0.3 is 11.1 Å². The summed E-state index contributed by atoms with van der Waals surface area (Å²) in [5.41, 5.74) is 5.09. The van der Waals surface area contributed by atoms with Crippen LogP contribution in [0.1, 0.15) is 6.92 Å². The zero-order chi connectivity index (χ0) is 13.9. The van der Waals surface area contributed by atoms with Crippen LogP contribution in [0.15, 0.2) is 23.2 Å². The third kappa shape index (κ3) is 3.17. The Morgan fingerprint density at radius 1 is 1.44 bits per heavy atom. The minimum Gasteiger partial charge on any atom is -0.368 e. The summed E-state index contributed by atoms with van der Waals surface area (Å²) in [5.74, 6) is -0.124. The Bertz CT molecular complexity index is 525. The van der Waals surface area contributed by atoms with Crippen LogP contribution in [0.5, 0.6) is 0 Å². The molecule has 0 aliphatic heterocycles. The van der Waals surface area contributed by atoms with E-state index in [-0.39, 0.29) is 4.90 Å². The third-order valence-corrected chi connectivity index (χ3v) is 4.10. The summed E-state index contributed by atoms with van der Waals surface area (Å²) in [5, 5.41) is 2.76. The molecule has 1 atom stereocenters. The predicted octanol–water partition coefficient (Wildman–Crippen LogP) is -0.382. The number of aromatic nitrogens is 1. The number of nitrogens with one attached hydrogen (secondary N) is 1. The number of nitrogens with zero attached hydrogens (tertiary/aromatic N) is 2. The summed E-state index contributed by atoms with van der Waals surface area (Å²) in [6.45, 7) is 1.59. The molecule has 100 valence electrons. The smallest absolute Gasteiger partial charge is 0.244 e. The van der Waals surface area contributed by atoms with E-state index in [0.29, 0.717) is 5.82 Å². The molecule has 0 aliphatic rings. The summed E-state index contributed by atoms with van der Waals surface area (Å²) < 4.78 is 24.6. The highest BCUT2D eigenvalue weighted by atomic mass is 32.2. The molecule has 1 aromatic rings. The number of primary amides is 1. The van der Waals surface area contributed by atoms with Gasteiger partial charge in [0, 0.05) is 20.3 Å². The number of carbonyl (C=O) groups is 1. The van der Waals surface area contributed by atoms with E-state index in [1.807, 2.05) is 0 Å². The second-order valence-corrected chi connectivity index (χ2v) is 6.09. The third-order valence-electron chi connectivity index (χ3n) is 2.31. The van der Waals surface area contributed by atoms with Crippen molar-refractivity contribution in [3.63, 3.8) is 0 Å². The lowest BCUT2D eigenvalue weighted by atomic mass is 10.3. The van der Waals surface area contributed by atoms with Gasteiger partial charge in [-0.1, -0.05) is 0 Å². The van der Waals surface area contributed by atoms with Crippen LogP contribution in [-0.4, -0.2) is 43.8 Å². The van der Waals surface area contributed by atoms with Crippen molar-refractivity contribution in [2.45, 2.75) is 17.9 Å². The second-order valence-electron chi connectivity index (χ2n) is 3.93. The maximum Gasteiger partial charge on any atom is 0.244 e. The van der Waals surface area contributed by atoms with Gasteiger partial charge in [0.05, 0.1) is 0 Å². The fraction of sp³-hybridized carbons (Fsp3) is 0.400. The maximum atomic E-state index is 11.8. The molecule has 1 rings (SSSR count). The van der Waals surface area contributed by atoms with Crippen molar-refractivity contribution in [1.29, 1.82) is 0 Å². The second kappa shape index (κ2) is 5.32. The van der Waals surface area contributed by atoms with Gasteiger partial charge in [-0.2, -0.15) is 0 Å². The van der Waals surface area contributed by atoms with Gasteiger partial charge in [-0.25, -0.2) is 17.7 Å². The number of anilines is 1. The molecule has 0 aromatic carbocycles. The lowest BCUT2D eigenvalue weighted by Crippen LogP contribution is -2.32. The van der Waals surface area contributed by atoms with Crippen molar-refractivity contribution >= 4 is 21.7 Å². The monoisotopic (exact) mass is 272 g/mol. The van der Waals surface area contributed by atoms with Gasteiger partial charge in [0.2, 0.25) is 15.9 Å². The zero-order valence-corrected chi connectivity index (χ0v) is 11.2. The Kier molecular flexibility index (Phi) is 4.25. The van der Waals surface area contributed by atoms with Crippen LogP contribution in [-0.2, 0) is 14.8 Å². The van der Waals surface area contributed by atoms with Crippen molar-refractivity contribution in [3.8, 4) is 0 Å². The van der Waals surface area contributed by atoms with Gasteiger partial charge in [0.15, 0.2) is 0 Å². The van der Waals surface area contributed by atoms with Crippen LogP contribution >= 0.6 is 0 Å². The fourth-order valence-electron chi connectivity index (χ4n) is 1.12. The molecule has 1 aromatic heterocycles. The van der Waals surface area contributed by atoms with Crippen LogP contribution in [0, 0.1) is 0 Å². The first kappa shape index (κ1) is 14.4. The quantitative estimate of drug-likeness (QED) is 0.760. The highest BCUT2D eigenvalue weighted by Crippen LogP contribution is 2.14. The van der Waals surface area contributed by atoms with Crippen molar-refractivity contribution < 1.29 is 13.2 Å². The first-order chi connectivity index (χ1) is 8.25. The topological polar surface area (TPSA) is 105 Å². The molecule has 0 radical (unpaired) electrons. The lowest BCUT2D eigenvalue weighted by Gasteiger charge is -2.13. The molecule has 0 aliphatic carbocycles. The Morgan fingerprint density at radius 3 is 2.44 bits per heavy atom. The molecule has 1 unspecified atom stereocenters. The maximum absolute atomic E-state index is 11.8. The lowest BCUT2D eigenvalue weighted by molar-refractivity contribution is -0.118. The van der Waals surface area contributed by atoms with Crippen LogP contribution in [0.2, 0.25) is 0 Å². The minimum absolute atomic E-state index is 0.0878. The Balaban J connectivity index is 2.91. The normalized spacial score (nSPS) is 13.3. The van der Waals surface area contributed by atoms with Crippen LogP contribution in [0.3, 0.4) is 0 Å². The Morgan fingerprint density at radius 2 is 2.06 bits per heavy atom. The molecular formula is C10H16N4O3S. The van der Waals surface area contributed by atoms with Crippen LogP contribution in [0.25, 0.3) is 0 Å². The number of carbonyl (C=O) groups excluding carboxylic acids is 1. The standard InChI is InChI=1S/C10H16N4O3S/c1-7(10(11)15)13-9-5-4-8(6-12-9)18(16,17)14(2)3/h4-7H,1-3H3,(H2,11,15)(H,12,13). The molecule has 18 heavy (non-hydrogen) atoms. The fourth-order valence-corrected chi connectivity index (χ4v) is 1.97. The molecule has 0 saturated heterocycles. The van der Waals surface area contributed by atoms with Gasteiger partial charge in [-0.15, -0.1) is 0 Å². The summed E-state index contributed by atoms with van der Waals surface area (Å²) >= 11 is 0. The molecule has 7 nitrogen and oxygen atoms in total. The van der Waals surface area contributed by atoms with E-state index in [1.165, 1.54) is 32.4 Å². The van der Waals surface area contributed by atoms with Gasteiger partial charge in [0.1, 0.15) is 16.8 Å². The van der Waals surface area contributed by atoms with Gasteiger partial charge in [-0.05, 0) is 19.1 Å². The van der Waals surface area contributed by atoms with Gasteiger partial charge in [0.25, 0.3) is 0 Å². The molecule has 8 heteroatoms. The average Bonchev–Trinajstić information content (AvgIpc) is 2.29. The number of amides is 1. The van der Waals surface area contributed by atoms with Gasteiger partial charge in [-0.3, -0.25) is 4.79 Å². The van der Waals surface area contributed by atoms with E-state index in [1.54, 1.807) is 6.92 Å². The molecule has 3 N–H and O–H groups in total. The zero-order valence-electron chi connectivity index (χ0n) is 10.4. The molecule has 1 amide bonds. The van der Waals surface area contributed by atoms with Crippen molar-refractivity contribution in [2.75, 3.05) is 19.4 Å². The van der Waals surface area contributed by atoms with E-state index < -0.39 is 22.0 Å². The van der Waals surface area contributed by atoms with E-state index in [9.17, 15) is 13.2 Å². The van der Waals surface area contributed by atoms with E-state index in [4.69, 9.17) is 5.73 Å². The number of sulfonamides is 1. The van der Waals surface area contributed by atoms with Crippen molar-refractivity contribution in [1.82, 2.24) is 9.29 Å². The Hall–Kier alpha value is -1.67. The van der Waals surface area contributed by atoms with Crippen molar-refractivity contribution in [3.05, 3.63) is 18.3 Å². The van der Waals surface area contributed by atoms with Crippen LogP contribution < -0.4 is 11.1 Å². The highest BCUT2D eigenvalue weighted by Gasteiger charge is 2.17. The highest BCUT2D eigenvalue weighted by molar-refractivity contribution is 7.89. The Labute approximate surface area is 106 Å². The number of nitrogens with two attached hydrogens (primary N) is 1. The molecule has 0 bridgehead atoms. The number of pyridine rings is 1. The number of rotatable bonds is 5. The summed E-state index contributed by atoms with van der Waals surface area (Å²) in [7, 11) is -0.605. The molecular weight excluding hydrogens is 256 g/mol. The molecule has 1 heterocycles. The van der Waals surface area contributed by atoms with E-state index >= 15 is 0 Å². The summed E-state index contributed by atoms with van der Waals surface area (Å²) in [6.07, 6.45) is 1.23. The predicted molar refractivity (Wildman–Crippen MR) is 67.4 cm³/mol. The van der Waals surface area contributed by atoms with Crippen LogP contribution in [0.4, 0.5) is 5.82 Å². The average molecular weight is 272 g/mol. The molecule has 0 spiro atoms. The summed E-state index contributed by atoms with van der Waals surface area (Å²) in [6, 6.07) is 2.32. The summed E-state index contributed by atoms with van der Waals surface area (Å²) in [4.78, 5) is 14.9. The van der Waals surface area contributed by atoms with E-state index in [2.05, 4.69) is 10.3 Å². The number of hydrogen-bond donors (Lipinski definition) is 2.